The summed E-state index contributed by atoms with van der Waals surface area (Å²) in [7, 11) is 3.27. The number of nitrogens with zero attached hydrogens (tertiary/aromatic N) is 7. The van der Waals surface area contributed by atoms with Gasteiger partial charge < -0.3 is 25.3 Å². The van der Waals surface area contributed by atoms with E-state index in [0.29, 0.717) is 24.3 Å². The number of benzene rings is 2. The number of imide groups is 1. The Kier molecular flexibility index (Phi) is 8.44. The highest BCUT2D eigenvalue weighted by Gasteiger charge is 2.45. The Balaban J connectivity index is 0.737. The standard InChI is InChI=1S/C42H49N9O4S/c1-25-21-43-37-36-28-5-10-34(45-29(28)6-9-33(36)56-38(37)39(53)44-25)49-16-12-26(13-17-49)22-48-18-14-42(15-19-48)23-50(24-42)27-4-7-30-32(20-27)46(2)41(55)51(30)31-8-11-35(52)47(3)40(31)54/h4-7,9-10,20,25-26,31,43H,8,11-19,21-24H2,1-3H3,(H,44,53)/t25-,31?/m1/s1. The van der Waals surface area contributed by atoms with Crippen molar-refractivity contribution in [1.29, 1.82) is 0 Å². The minimum atomic E-state index is -0.657. The number of thiophene rings is 1. The molecule has 3 amide bonds. The van der Waals surface area contributed by atoms with Gasteiger partial charge in [-0.3, -0.25) is 28.4 Å². The number of likely N-dealkylation sites (N-methyl/N-ethyl adjacent to an activating group) is 1. The summed E-state index contributed by atoms with van der Waals surface area (Å²) in [5.41, 5.74) is 4.70. The second-order valence-electron chi connectivity index (χ2n) is 17.1. The van der Waals surface area contributed by atoms with Gasteiger partial charge in [-0.05, 0) is 100 Å². The molecule has 1 unspecified atom stereocenters. The summed E-state index contributed by atoms with van der Waals surface area (Å²) < 4.78 is 4.32. The number of piperidine rings is 3. The number of hydrogen-bond donors (Lipinski definition) is 2. The number of aromatic nitrogens is 3. The van der Waals surface area contributed by atoms with Crippen molar-refractivity contribution in [3.63, 3.8) is 0 Å². The number of pyridine rings is 1. The fourth-order valence-corrected chi connectivity index (χ4v) is 11.2. The number of likely N-dealkylation sites (tertiary alicyclic amines) is 2. The molecule has 0 aliphatic carbocycles. The van der Waals surface area contributed by atoms with E-state index in [1.54, 1.807) is 27.5 Å². The molecule has 2 aromatic carbocycles. The van der Waals surface area contributed by atoms with Crippen molar-refractivity contribution in [2.75, 3.05) is 74.5 Å². The van der Waals surface area contributed by atoms with Crippen LogP contribution in [0, 0.1) is 11.3 Å². The first kappa shape index (κ1) is 35.5. The molecule has 4 saturated heterocycles. The molecule has 2 N–H and O–H groups in total. The molecule has 5 aliphatic heterocycles. The van der Waals surface area contributed by atoms with E-state index in [4.69, 9.17) is 4.98 Å². The molecule has 0 saturated carbocycles. The highest BCUT2D eigenvalue weighted by atomic mass is 32.1. The molecular weight excluding hydrogens is 727 g/mol. The van der Waals surface area contributed by atoms with Gasteiger partial charge in [0, 0.05) is 92.4 Å². The Bertz CT molecular complexity index is 2480. The van der Waals surface area contributed by atoms with Crippen LogP contribution in [0.4, 0.5) is 17.2 Å². The van der Waals surface area contributed by atoms with E-state index in [1.807, 2.05) is 13.0 Å². The van der Waals surface area contributed by atoms with Crippen LogP contribution in [-0.4, -0.2) is 107 Å². The van der Waals surface area contributed by atoms with E-state index in [-0.39, 0.29) is 35.9 Å². The third-order valence-electron chi connectivity index (χ3n) is 13.5. The average Bonchev–Trinajstić information content (AvgIpc) is 3.64. The zero-order chi connectivity index (χ0) is 38.5. The maximum absolute atomic E-state index is 13.3. The lowest BCUT2D eigenvalue weighted by Crippen LogP contribution is -2.60. The quantitative estimate of drug-likeness (QED) is 0.243. The Morgan fingerprint density at radius 3 is 2.46 bits per heavy atom. The molecule has 0 bridgehead atoms. The maximum Gasteiger partial charge on any atom is 0.329 e. The van der Waals surface area contributed by atoms with Crippen LogP contribution in [0.3, 0.4) is 0 Å². The van der Waals surface area contributed by atoms with Gasteiger partial charge in [0.15, 0.2) is 0 Å². The van der Waals surface area contributed by atoms with E-state index in [1.165, 1.54) is 32.7 Å². The molecule has 14 heteroatoms. The molecule has 10 rings (SSSR count). The number of carbonyl (C=O) groups excluding carboxylic acids is 3. The number of amides is 3. The molecule has 56 heavy (non-hydrogen) atoms. The lowest BCUT2D eigenvalue weighted by molar-refractivity contribution is -0.149. The average molecular weight is 776 g/mol. The van der Waals surface area contributed by atoms with Crippen molar-refractivity contribution < 1.29 is 14.4 Å². The summed E-state index contributed by atoms with van der Waals surface area (Å²) in [5.74, 6) is 1.21. The molecular formula is C42H49N9O4S. The van der Waals surface area contributed by atoms with Crippen LogP contribution in [0.5, 0.6) is 0 Å². The smallest absolute Gasteiger partial charge is 0.329 e. The second kappa shape index (κ2) is 13.3. The van der Waals surface area contributed by atoms with E-state index >= 15 is 0 Å². The van der Waals surface area contributed by atoms with E-state index in [2.05, 4.69) is 61.7 Å². The number of rotatable bonds is 5. The number of imidazole rings is 1. The molecule has 13 nitrogen and oxygen atoms in total. The minimum Gasteiger partial charge on any atom is -0.381 e. The molecule has 1 spiro atoms. The van der Waals surface area contributed by atoms with Gasteiger partial charge >= 0.3 is 5.69 Å². The summed E-state index contributed by atoms with van der Waals surface area (Å²) in [5, 5.41) is 8.81. The molecule has 3 aromatic heterocycles. The fourth-order valence-electron chi connectivity index (χ4n) is 10.1. The van der Waals surface area contributed by atoms with Gasteiger partial charge in [0.1, 0.15) is 16.7 Å². The molecule has 4 fully saturated rings. The van der Waals surface area contributed by atoms with Crippen molar-refractivity contribution in [1.82, 2.24) is 29.2 Å². The number of fused-ring (bicyclic) bond motifs is 6. The largest absolute Gasteiger partial charge is 0.381 e. The zero-order valence-electron chi connectivity index (χ0n) is 32.3. The van der Waals surface area contributed by atoms with Gasteiger partial charge in [0.05, 0.1) is 22.2 Å². The van der Waals surface area contributed by atoms with Crippen LogP contribution in [0.2, 0.25) is 0 Å². The van der Waals surface area contributed by atoms with Crippen molar-refractivity contribution in [2.45, 2.75) is 57.5 Å². The summed E-state index contributed by atoms with van der Waals surface area (Å²) in [6.45, 7) is 10.2. The van der Waals surface area contributed by atoms with Crippen LogP contribution < -0.4 is 26.1 Å². The third-order valence-corrected chi connectivity index (χ3v) is 14.6. The highest BCUT2D eigenvalue weighted by molar-refractivity contribution is 7.21. The van der Waals surface area contributed by atoms with Crippen molar-refractivity contribution in [2.24, 2.45) is 18.4 Å². The minimum absolute atomic E-state index is 0.00300. The summed E-state index contributed by atoms with van der Waals surface area (Å²) >= 11 is 1.55. The van der Waals surface area contributed by atoms with Crippen LogP contribution in [-0.2, 0) is 16.6 Å². The predicted molar refractivity (Wildman–Crippen MR) is 221 cm³/mol. The summed E-state index contributed by atoms with van der Waals surface area (Å²) in [6.07, 6.45) is 5.35. The van der Waals surface area contributed by atoms with Gasteiger partial charge in [-0.2, -0.15) is 0 Å². The van der Waals surface area contributed by atoms with E-state index in [9.17, 15) is 19.2 Å². The topological polar surface area (TPSA) is 128 Å². The normalized spacial score (nSPS) is 23.5. The Morgan fingerprint density at radius 1 is 0.893 bits per heavy atom. The van der Waals surface area contributed by atoms with Gasteiger partial charge in [0.2, 0.25) is 5.91 Å². The lowest BCUT2D eigenvalue weighted by atomic mass is 9.71. The van der Waals surface area contributed by atoms with Crippen LogP contribution in [0.15, 0.2) is 47.3 Å². The monoisotopic (exact) mass is 775 g/mol. The number of nitrogens with one attached hydrogen (secondary N) is 2. The van der Waals surface area contributed by atoms with Crippen LogP contribution >= 0.6 is 11.3 Å². The van der Waals surface area contributed by atoms with E-state index < -0.39 is 6.04 Å². The predicted octanol–water partition coefficient (Wildman–Crippen LogP) is 4.79. The Labute approximate surface area is 329 Å². The number of anilines is 3. The Morgan fingerprint density at radius 2 is 1.68 bits per heavy atom. The SMILES string of the molecule is C[C@@H]1CNc2c(sc3ccc4nc(N5CCC(CN6CCC7(CC6)CN(c6ccc8c(c6)n(C)c(=O)n8C6CCC(=O)N(C)C6=O)C7)CC5)ccc4c23)C(=O)N1. The van der Waals surface area contributed by atoms with Gasteiger partial charge in [-0.15, -0.1) is 11.3 Å². The van der Waals surface area contributed by atoms with E-state index in [0.717, 1.165) is 105 Å². The van der Waals surface area contributed by atoms with Crippen molar-refractivity contribution in [3.05, 3.63) is 57.8 Å². The highest BCUT2D eigenvalue weighted by Crippen LogP contribution is 2.44. The maximum atomic E-state index is 13.3. The first-order chi connectivity index (χ1) is 27.1. The Hall–Kier alpha value is -4.95. The van der Waals surface area contributed by atoms with Crippen LogP contribution in [0.25, 0.3) is 32.0 Å². The van der Waals surface area contributed by atoms with Crippen molar-refractivity contribution in [3.8, 4) is 0 Å². The third kappa shape index (κ3) is 5.77. The zero-order valence-corrected chi connectivity index (χ0v) is 33.2. The van der Waals surface area contributed by atoms with Crippen LogP contribution in [0.1, 0.15) is 61.2 Å². The van der Waals surface area contributed by atoms with Gasteiger partial charge in [-0.1, -0.05) is 0 Å². The number of hydrogen-bond acceptors (Lipinski definition) is 10. The first-order valence-corrected chi connectivity index (χ1v) is 21.0. The number of carbonyl (C=O) groups is 3. The summed E-state index contributed by atoms with van der Waals surface area (Å²) in [4.78, 5) is 65.8. The van der Waals surface area contributed by atoms with Gasteiger partial charge in [-0.25, -0.2) is 9.78 Å². The molecule has 0 radical (unpaired) electrons. The fraction of sp³-hybridized carbons (Fsp3) is 0.500. The molecule has 5 aliphatic rings. The molecule has 8 heterocycles. The number of aryl methyl sites for hydroxylation is 1. The molecule has 5 aromatic rings. The second-order valence-corrected chi connectivity index (χ2v) is 18.1. The molecule has 2 atom stereocenters. The van der Waals surface area contributed by atoms with Crippen molar-refractivity contribution >= 4 is 78.3 Å². The first-order valence-electron chi connectivity index (χ1n) is 20.2. The molecule has 292 valence electrons. The van der Waals surface area contributed by atoms with Gasteiger partial charge in [0.25, 0.3) is 11.8 Å². The summed E-state index contributed by atoms with van der Waals surface area (Å²) in [6, 6.07) is 14.1. The lowest BCUT2D eigenvalue weighted by Gasteiger charge is -2.55.